The fraction of sp³-hybridized carbons (Fsp3) is 0.333. The van der Waals surface area contributed by atoms with Crippen LogP contribution in [0.1, 0.15) is 22.0 Å². The van der Waals surface area contributed by atoms with E-state index in [2.05, 4.69) is 47.1 Å². The Hall–Kier alpha value is -0.830. The molecule has 0 saturated carbocycles. The Labute approximate surface area is 117 Å². The highest BCUT2D eigenvalue weighted by atomic mass is 35.5. The Morgan fingerprint density at radius 1 is 1.22 bits per heavy atom. The molecule has 1 aromatic heterocycles. The quantitative estimate of drug-likeness (QED) is 0.839. The minimum atomic E-state index is 0.186. The zero-order chi connectivity index (χ0) is 12.4. The second-order valence-corrected chi connectivity index (χ2v) is 6.27. The molecule has 2 unspecified atom stereocenters. The van der Waals surface area contributed by atoms with E-state index in [1.54, 1.807) is 0 Å². The lowest BCUT2D eigenvalue weighted by Gasteiger charge is -2.17. The first-order valence-corrected chi connectivity index (χ1v) is 7.64. The number of hydrogen-bond acceptors (Lipinski definition) is 2. The van der Waals surface area contributed by atoms with Gasteiger partial charge in [0.1, 0.15) is 0 Å². The molecule has 0 amide bonds. The van der Waals surface area contributed by atoms with Crippen molar-refractivity contribution in [3.8, 4) is 0 Å². The molecule has 94 valence electrons. The standard InChI is InChI=1S/C15H16ClNS/c16-14-10-11-4-1-2-6-13(11)15(14)17-8-7-12-5-3-9-18-12/h1-6,9,14-15,17H,7-8,10H2. The zero-order valence-corrected chi connectivity index (χ0v) is 11.7. The van der Waals surface area contributed by atoms with E-state index < -0.39 is 0 Å². The molecule has 1 aliphatic rings. The van der Waals surface area contributed by atoms with Crippen LogP contribution in [0.2, 0.25) is 0 Å². The predicted molar refractivity (Wildman–Crippen MR) is 78.6 cm³/mol. The van der Waals surface area contributed by atoms with E-state index in [0.29, 0.717) is 6.04 Å². The van der Waals surface area contributed by atoms with Crippen LogP contribution in [0.5, 0.6) is 0 Å². The van der Waals surface area contributed by atoms with Crippen molar-refractivity contribution in [2.75, 3.05) is 6.54 Å². The fourth-order valence-electron chi connectivity index (χ4n) is 2.59. The van der Waals surface area contributed by atoms with Gasteiger partial charge in [-0.2, -0.15) is 0 Å². The minimum absolute atomic E-state index is 0.186. The second-order valence-electron chi connectivity index (χ2n) is 4.68. The van der Waals surface area contributed by atoms with E-state index in [-0.39, 0.29) is 5.38 Å². The highest BCUT2D eigenvalue weighted by Crippen LogP contribution is 2.34. The van der Waals surface area contributed by atoms with Crippen LogP contribution in [-0.4, -0.2) is 11.9 Å². The van der Waals surface area contributed by atoms with Crippen LogP contribution in [0.15, 0.2) is 41.8 Å². The van der Waals surface area contributed by atoms with Gasteiger partial charge in [0, 0.05) is 17.5 Å². The molecule has 2 aromatic rings. The predicted octanol–water partition coefficient (Wildman–Crippen LogP) is 3.79. The SMILES string of the molecule is ClC1Cc2ccccc2C1NCCc1cccs1. The van der Waals surface area contributed by atoms with Crippen LogP contribution in [0.3, 0.4) is 0 Å². The van der Waals surface area contributed by atoms with E-state index >= 15 is 0 Å². The van der Waals surface area contributed by atoms with Crippen molar-refractivity contribution in [2.45, 2.75) is 24.3 Å². The molecule has 1 aliphatic carbocycles. The first-order valence-electron chi connectivity index (χ1n) is 6.32. The van der Waals surface area contributed by atoms with Crippen LogP contribution in [-0.2, 0) is 12.8 Å². The number of halogens is 1. The largest absolute Gasteiger partial charge is 0.308 e. The van der Waals surface area contributed by atoms with E-state index in [4.69, 9.17) is 11.6 Å². The molecule has 0 radical (unpaired) electrons. The smallest absolute Gasteiger partial charge is 0.0571 e. The summed E-state index contributed by atoms with van der Waals surface area (Å²) in [5.74, 6) is 0. The minimum Gasteiger partial charge on any atom is -0.308 e. The van der Waals surface area contributed by atoms with Gasteiger partial charge in [0.05, 0.1) is 5.38 Å². The van der Waals surface area contributed by atoms with Crippen LogP contribution >= 0.6 is 22.9 Å². The van der Waals surface area contributed by atoms with E-state index in [0.717, 1.165) is 19.4 Å². The Bertz CT molecular complexity index is 509. The lowest BCUT2D eigenvalue weighted by atomic mass is 10.1. The summed E-state index contributed by atoms with van der Waals surface area (Å²) in [6.45, 7) is 0.989. The van der Waals surface area contributed by atoms with Crippen LogP contribution in [0.25, 0.3) is 0 Å². The first kappa shape index (κ1) is 12.2. The van der Waals surface area contributed by atoms with Gasteiger partial charge in [-0.15, -0.1) is 22.9 Å². The third kappa shape index (κ3) is 2.46. The van der Waals surface area contributed by atoms with Gasteiger partial charge >= 0.3 is 0 Å². The summed E-state index contributed by atoms with van der Waals surface area (Å²) >= 11 is 8.26. The van der Waals surface area contributed by atoms with Gasteiger partial charge in [0.15, 0.2) is 0 Å². The van der Waals surface area contributed by atoms with Crippen molar-refractivity contribution in [1.29, 1.82) is 0 Å². The topological polar surface area (TPSA) is 12.0 Å². The third-order valence-corrected chi connectivity index (χ3v) is 4.82. The maximum atomic E-state index is 6.44. The van der Waals surface area contributed by atoms with Gasteiger partial charge in [0.2, 0.25) is 0 Å². The van der Waals surface area contributed by atoms with Gasteiger partial charge < -0.3 is 5.32 Å². The summed E-state index contributed by atoms with van der Waals surface area (Å²) in [5, 5.41) is 5.92. The number of alkyl halides is 1. The summed E-state index contributed by atoms with van der Waals surface area (Å²) < 4.78 is 0. The van der Waals surface area contributed by atoms with Crippen molar-refractivity contribution in [1.82, 2.24) is 5.32 Å². The van der Waals surface area contributed by atoms with Gasteiger partial charge in [-0.05, 0) is 35.4 Å². The molecule has 0 spiro atoms. The summed E-state index contributed by atoms with van der Waals surface area (Å²) in [5.41, 5.74) is 2.77. The van der Waals surface area contributed by atoms with Crippen molar-refractivity contribution < 1.29 is 0 Å². The van der Waals surface area contributed by atoms with E-state index in [1.165, 1.54) is 16.0 Å². The average Bonchev–Trinajstić information content (AvgIpc) is 2.98. The second kappa shape index (κ2) is 5.43. The number of hydrogen-bond donors (Lipinski definition) is 1. The van der Waals surface area contributed by atoms with Gasteiger partial charge in [-0.25, -0.2) is 0 Å². The Morgan fingerprint density at radius 2 is 2.11 bits per heavy atom. The summed E-state index contributed by atoms with van der Waals surface area (Å²) in [7, 11) is 0. The molecule has 0 bridgehead atoms. The van der Waals surface area contributed by atoms with Gasteiger partial charge in [-0.1, -0.05) is 30.3 Å². The maximum Gasteiger partial charge on any atom is 0.0571 e. The van der Waals surface area contributed by atoms with Crippen LogP contribution in [0, 0.1) is 0 Å². The lowest BCUT2D eigenvalue weighted by Crippen LogP contribution is -2.27. The highest BCUT2D eigenvalue weighted by Gasteiger charge is 2.29. The lowest BCUT2D eigenvalue weighted by molar-refractivity contribution is 0.540. The Morgan fingerprint density at radius 3 is 2.94 bits per heavy atom. The molecule has 0 fully saturated rings. The van der Waals surface area contributed by atoms with Crippen molar-refractivity contribution in [2.24, 2.45) is 0 Å². The molecule has 1 aromatic carbocycles. The highest BCUT2D eigenvalue weighted by molar-refractivity contribution is 7.09. The number of nitrogens with one attached hydrogen (secondary N) is 1. The van der Waals surface area contributed by atoms with E-state index in [9.17, 15) is 0 Å². The van der Waals surface area contributed by atoms with E-state index in [1.807, 2.05) is 11.3 Å². The number of rotatable bonds is 4. The summed E-state index contributed by atoms with van der Waals surface area (Å²) in [6, 6.07) is 13.2. The number of fused-ring (bicyclic) bond motifs is 1. The third-order valence-electron chi connectivity index (χ3n) is 3.48. The van der Waals surface area contributed by atoms with Crippen LogP contribution < -0.4 is 5.32 Å². The van der Waals surface area contributed by atoms with Crippen molar-refractivity contribution in [3.63, 3.8) is 0 Å². The van der Waals surface area contributed by atoms with Crippen molar-refractivity contribution in [3.05, 3.63) is 57.8 Å². The normalized spacial score (nSPS) is 22.1. The van der Waals surface area contributed by atoms with Gasteiger partial charge in [0.25, 0.3) is 0 Å². The fourth-order valence-corrected chi connectivity index (χ4v) is 3.69. The summed E-state index contributed by atoms with van der Waals surface area (Å²) in [4.78, 5) is 1.43. The van der Waals surface area contributed by atoms with Crippen molar-refractivity contribution >= 4 is 22.9 Å². The molecule has 1 N–H and O–H groups in total. The first-order chi connectivity index (χ1) is 8.84. The molecular formula is C15H16ClNS. The average molecular weight is 278 g/mol. The molecule has 1 nitrogen and oxygen atoms in total. The Balaban J connectivity index is 1.63. The molecule has 0 aliphatic heterocycles. The zero-order valence-electron chi connectivity index (χ0n) is 10.1. The number of benzene rings is 1. The maximum absolute atomic E-state index is 6.44. The molecule has 0 saturated heterocycles. The Kier molecular flexibility index (Phi) is 3.69. The summed E-state index contributed by atoms with van der Waals surface area (Å²) in [6.07, 6.45) is 2.06. The molecule has 3 heteroatoms. The number of thiophene rings is 1. The molecule has 2 atom stereocenters. The molecule has 18 heavy (non-hydrogen) atoms. The monoisotopic (exact) mass is 277 g/mol. The van der Waals surface area contributed by atoms with Crippen LogP contribution in [0.4, 0.5) is 0 Å². The molecule has 3 rings (SSSR count). The molecule has 1 heterocycles. The molecular weight excluding hydrogens is 262 g/mol. The van der Waals surface area contributed by atoms with Gasteiger partial charge in [-0.3, -0.25) is 0 Å².